The molecule has 48 heavy (non-hydrogen) atoms. The van der Waals surface area contributed by atoms with Crippen molar-refractivity contribution in [2.45, 2.75) is 149 Å². The van der Waals surface area contributed by atoms with Crippen molar-refractivity contribution in [2.75, 3.05) is 13.7 Å². The van der Waals surface area contributed by atoms with Crippen molar-refractivity contribution in [1.82, 2.24) is 0 Å². The number of halogens is 4. The number of allylic oxidation sites excluding steroid dienone is 3. The number of nitrogens with zero attached hydrogens (tertiary/aromatic N) is 1. The average Bonchev–Trinajstić information content (AvgIpc) is 3.41. The molecular weight excluding hydrogens is 614 g/mol. The van der Waals surface area contributed by atoms with Crippen molar-refractivity contribution in [1.29, 1.82) is 0 Å². The third-order valence-corrected chi connectivity index (χ3v) is 13.9. The van der Waals surface area contributed by atoms with E-state index in [1.165, 1.54) is 24.0 Å². The van der Waals surface area contributed by atoms with Crippen LogP contribution in [0, 0.1) is 65.1 Å². The van der Waals surface area contributed by atoms with Crippen molar-refractivity contribution in [3.05, 3.63) is 23.3 Å². The molecule has 5 aliphatic carbocycles. The molecule has 0 aromatic heterocycles. The van der Waals surface area contributed by atoms with E-state index in [2.05, 4.69) is 31.0 Å². The molecule has 0 aromatic rings. The molecule has 0 aliphatic heterocycles. The van der Waals surface area contributed by atoms with Gasteiger partial charge in [0, 0.05) is 25.8 Å². The Morgan fingerprint density at radius 3 is 2.56 bits per heavy atom. The lowest BCUT2D eigenvalue weighted by Gasteiger charge is -2.49. The molecule has 2 bridgehead atoms. The molecule has 2 fully saturated rings. The number of fused-ring (bicyclic) bond motifs is 1. The van der Waals surface area contributed by atoms with Crippen LogP contribution in [0.1, 0.15) is 130 Å². The first-order valence-corrected chi connectivity index (χ1v) is 19.7. The smallest absolute Gasteiger partial charge is 0.384 e. The largest absolute Gasteiger partial charge is 0.392 e. The number of hydrogen-bond donors (Lipinski definition) is 1. The summed E-state index contributed by atoms with van der Waals surface area (Å²) in [6.07, 6.45) is 15.6. The molecule has 274 valence electrons. The van der Waals surface area contributed by atoms with E-state index in [9.17, 15) is 18.3 Å². The molecule has 0 saturated heterocycles. The Morgan fingerprint density at radius 2 is 1.81 bits per heavy atom. The van der Waals surface area contributed by atoms with E-state index >= 15 is 4.39 Å². The van der Waals surface area contributed by atoms with Gasteiger partial charge in [0.25, 0.3) is 0 Å². The van der Waals surface area contributed by atoms with Crippen LogP contribution in [0.15, 0.2) is 28.3 Å². The Morgan fingerprint density at radius 1 is 1.00 bits per heavy atom. The van der Waals surface area contributed by atoms with E-state index in [1.807, 2.05) is 0 Å². The zero-order valence-electron chi connectivity index (χ0n) is 30.3. The lowest BCUT2D eigenvalue weighted by atomic mass is 9.57. The van der Waals surface area contributed by atoms with E-state index in [-0.39, 0.29) is 36.0 Å². The zero-order chi connectivity index (χ0) is 34.4. The van der Waals surface area contributed by atoms with Crippen molar-refractivity contribution < 1.29 is 27.4 Å². The molecule has 7 heteroatoms. The van der Waals surface area contributed by atoms with Gasteiger partial charge in [-0.1, -0.05) is 43.6 Å². The molecule has 0 amide bonds. The Hall–Kier alpha value is -1.21. The molecule has 1 N–H and O–H groups in total. The average molecular weight is 680 g/mol. The maximum Gasteiger partial charge on any atom is 0.392 e. The standard InChI is InChI=1S/C41H65F4NO2/c1-26-12-16-35(25-36(26)39-34-11-6-5-10-32(24-34)27(2)38(39)28(3)42)40(47)46-20-18-31-15-17-33(37(23-31)41(43,44)45)22-30-9-7-8-29(13-14-30)19-21-48-4/h13,20,24,26-28,30-33,35-40,47H,5-12,14-19,21-23,25H2,1-4H3. The van der Waals surface area contributed by atoms with Gasteiger partial charge in [0.1, 0.15) is 12.4 Å². The summed E-state index contributed by atoms with van der Waals surface area (Å²) in [5, 5.41) is 11.3. The van der Waals surface area contributed by atoms with Crippen LogP contribution in [0.5, 0.6) is 0 Å². The van der Waals surface area contributed by atoms with Gasteiger partial charge in [-0.3, -0.25) is 4.99 Å². The minimum atomic E-state index is -4.18. The zero-order valence-corrected chi connectivity index (χ0v) is 30.3. The summed E-state index contributed by atoms with van der Waals surface area (Å²) in [6, 6.07) is 0. The van der Waals surface area contributed by atoms with Gasteiger partial charge in [-0.05, 0) is 163 Å². The van der Waals surface area contributed by atoms with Gasteiger partial charge in [0.15, 0.2) is 0 Å². The van der Waals surface area contributed by atoms with Gasteiger partial charge >= 0.3 is 6.18 Å². The minimum absolute atomic E-state index is 0.0136. The van der Waals surface area contributed by atoms with Crippen LogP contribution in [0.3, 0.4) is 0 Å². The minimum Gasteiger partial charge on any atom is -0.384 e. The third-order valence-electron chi connectivity index (χ3n) is 13.9. The maximum absolute atomic E-state index is 15.3. The summed E-state index contributed by atoms with van der Waals surface area (Å²) >= 11 is 0. The topological polar surface area (TPSA) is 41.8 Å². The maximum atomic E-state index is 15.3. The van der Waals surface area contributed by atoms with E-state index in [4.69, 9.17) is 4.74 Å². The van der Waals surface area contributed by atoms with Crippen LogP contribution in [-0.4, -0.2) is 43.6 Å². The highest BCUT2D eigenvalue weighted by molar-refractivity contribution is 5.57. The van der Waals surface area contributed by atoms with E-state index in [0.717, 1.165) is 70.6 Å². The second kappa shape index (κ2) is 17.3. The lowest BCUT2D eigenvalue weighted by Crippen LogP contribution is -2.44. The van der Waals surface area contributed by atoms with Crippen LogP contribution in [0.25, 0.3) is 0 Å². The summed E-state index contributed by atoms with van der Waals surface area (Å²) in [5.41, 5.74) is 2.87. The fourth-order valence-electron chi connectivity index (χ4n) is 11.1. The number of aliphatic hydroxyl groups excluding tert-OH is 1. The van der Waals surface area contributed by atoms with Crippen LogP contribution < -0.4 is 0 Å². The van der Waals surface area contributed by atoms with Gasteiger partial charge in [0.2, 0.25) is 0 Å². The number of ether oxygens (including phenoxy) is 1. The van der Waals surface area contributed by atoms with Gasteiger partial charge in [-0.2, -0.15) is 13.2 Å². The highest BCUT2D eigenvalue weighted by Gasteiger charge is 2.49. The van der Waals surface area contributed by atoms with Crippen molar-refractivity contribution in [3.8, 4) is 0 Å². The predicted octanol–water partition coefficient (Wildman–Crippen LogP) is 11.3. The monoisotopic (exact) mass is 679 g/mol. The SMILES string of the molecule is COCCC1=CCC(CC2CCC(CC=NC(O)C3CCC(C)C(C4C5=CC(CCCC5)C(C)C4C(C)F)C3)CC2C(F)(F)F)CCC1. The molecule has 0 heterocycles. The van der Waals surface area contributed by atoms with E-state index in [0.29, 0.717) is 55.5 Å². The number of hydrogen-bond acceptors (Lipinski definition) is 3. The summed E-state index contributed by atoms with van der Waals surface area (Å²) < 4.78 is 63.7. The van der Waals surface area contributed by atoms with Crippen LogP contribution in [0.4, 0.5) is 17.6 Å². The van der Waals surface area contributed by atoms with Crippen LogP contribution >= 0.6 is 0 Å². The quantitative estimate of drug-likeness (QED) is 0.134. The summed E-state index contributed by atoms with van der Waals surface area (Å²) in [4.78, 5) is 4.58. The normalized spacial score (nSPS) is 39.6. The molecule has 5 aliphatic rings. The second-order valence-corrected chi connectivity index (χ2v) is 16.9. The van der Waals surface area contributed by atoms with E-state index < -0.39 is 24.5 Å². The summed E-state index contributed by atoms with van der Waals surface area (Å²) in [6.45, 7) is 7.02. The molecule has 0 aromatic carbocycles. The summed E-state index contributed by atoms with van der Waals surface area (Å²) in [5.74, 6) is 0.583. The number of alkyl halides is 4. The number of methoxy groups -OCH3 is 1. The summed E-state index contributed by atoms with van der Waals surface area (Å²) in [7, 11) is 1.71. The van der Waals surface area contributed by atoms with Crippen LogP contribution in [-0.2, 0) is 4.74 Å². The fraction of sp³-hybridized carbons (Fsp3) is 0.878. The van der Waals surface area contributed by atoms with Gasteiger partial charge in [-0.25, -0.2) is 4.39 Å². The predicted molar refractivity (Wildman–Crippen MR) is 187 cm³/mol. The molecule has 2 saturated carbocycles. The highest BCUT2D eigenvalue weighted by atomic mass is 19.4. The first kappa shape index (κ1) is 38.0. The Balaban J connectivity index is 1.17. The van der Waals surface area contributed by atoms with Gasteiger partial charge < -0.3 is 9.84 Å². The van der Waals surface area contributed by atoms with Gasteiger partial charge in [-0.15, -0.1) is 0 Å². The van der Waals surface area contributed by atoms with Crippen molar-refractivity contribution in [2.24, 2.45) is 70.1 Å². The second-order valence-electron chi connectivity index (χ2n) is 16.9. The van der Waals surface area contributed by atoms with Crippen LogP contribution in [0.2, 0.25) is 0 Å². The first-order chi connectivity index (χ1) is 23.0. The molecule has 0 spiro atoms. The molecule has 3 nitrogen and oxygen atoms in total. The molecule has 0 radical (unpaired) electrons. The molecular formula is C41H65F4NO2. The third kappa shape index (κ3) is 9.56. The Kier molecular flexibility index (Phi) is 13.7. The number of aliphatic hydroxyl groups is 1. The number of rotatable bonds is 11. The molecule has 5 rings (SSSR count). The molecule has 13 unspecified atom stereocenters. The fourth-order valence-corrected chi connectivity index (χ4v) is 11.1. The Bertz CT molecular complexity index is 1100. The van der Waals surface area contributed by atoms with E-state index in [1.54, 1.807) is 20.2 Å². The molecule has 13 atom stereocenters. The number of aliphatic imine (C=N–C) groups is 1. The lowest BCUT2D eigenvalue weighted by molar-refractivity contribution is -0.202. The highest BCUT2D eigenvalue weighted by Crippen LogP contribution is 2.54. The Labute approximate surface area is 288 Å². The first-order valence-electron chi connectivity index (χ1n) is 19.7. The van der Waals surface area contributed by atoms with Gasteiger partial charge in [0.05, 0.1) is 5.92 Å². The van der Waals surface area contributed by atoms with Crippen molar-refractivity contribution >= 4 is 6.21 Å². The van der Waals surface area contributed by atoms with Crippen molar-refractivity contribution in [3.63, 3.8) is 0 Å².